The van der Waals surface area contributed by atoms with Crippen molar-refractivity contribution in [1.29, 1.82) is 0 Å². The molecule has 0 saturated carbocycles. The second-order valence-electron chi connectivity index (χ2n) is 11.4. The standard InChI is InChI=1S/C27H44N4O5/c1-20(2)17-23-25(33)28-22-6-14-36-19-21(22)5-3-4-7-27(26(34)29-23)8-10-30(11-9-27)18-24(32)31-12-15-35-16-13-31/h3-4,20-23H,5-19H2,1-2H3,(H,28,33)(H,29,34)/b4-3-/t21-,22+,23-/m1/s1. The Morgan fingerprint density at radius 1 is 1.06 bits per heavy atom. The maximum absolute atomic E-state index is 13.8. The lowest BCUT2D eigenvalue weighted by molar-refractivity contribution is -0.140. The number of ether oxygens (including phenoxy) is 2. The maximum Gasteiger partial charge on any atom is 0.242 e. The van der Waals surface area contributed by atoms with Crippen LogP contribution in [0.25, 0.3) is 0 Å². The normalized spacial score (nSPS) is 31.1. The van der Waals surface area contributed by atoms with Crippen LogP contribution in [0.15, 0.2) is 12.2 Å². The van der Waals surface area contributed by atoms with E-state index in [2.05, 4.69) is 41.5 Å². The molecule has 3 fully saturated rings. The van der Waals surface area contributed by atoms with Gasteiger partial charge in [0.25, 0.3) is 0 Å². The highest BCUT2D eigenvalue weighted by Crippen LogP contribution is 2.37. The van der Waals surface area contributed by atoms with Crippen LogP contribution in [0.3, 0.4) is 0 Å². The first kappa shape index (κ1) is 27.1. The molecule has 9 nitrogen and oxygen atoms in total. The molecule has 4 aliphatic heterocycles. The van der Waals surface area contributed by atoms with Crippen molar-refractivity contribution in [2.75, 3.05) is 59.2 Å². The van der Waals surface area contributed by atoms with Crippen molar-refractivity contribution in [3.05, 3.63) is 12.2 Å². The van der Waals surface area contributed by atoms with Gasteiger partial charge < -0.3 is 25.0 Å². The van der Waals surface area contributed by atoms with E-state index in [0.29, 0.717) is 84.8 Å². The van der Waals surface area contributed by atoms with Crippen LogP contribution in [0, 0.1) is 17.3 Å². The molecular formula is C27H44N4O5. The zero-order chi connectivity index (χ0) is 25.5. The van der Waals surface area contributed by atoms with Crippen molar-refractivity contribution >= 4 is 17.7 Å². The van der Waals surface area contributed by atoms with Crippen molar-refractivity contribution in [1.82, 2.24) is 20.4 Å². The number of rotatable bonds is 4. The minimum atomic E-state index is -0.563. The van der Waals surface area contributed by atoms with E-state index < -0.39 is 11.5 Å². The molecule has 36 heavy (non-hydrogen) atoms. The Bertz CT molecular complexity index is 802. The molecule has 3 atom stereocenters. The molecule has 2 N–H and O–H groups in total. The average molecular weight is 505 g/mol. The molecule has 9 heteroatoms. The van der Waals surface area contributed by atoms with Gasteiger partial charge in [-0.05, 0) is 57.5 Å². The highest BCUT2D eigenvalue weighted by atomic mass is 16.5. The number of fused-ring (bicyclic) bond motifs is 1. The molecule has 4 rings (SSSR count). The van der Waals surface area contributed by atoms with Gasteiger partial charge in [0.05, 0.1) is 31.8 Å². The largest absolute Gasteiger partial charge is 0.381 e. The molecule has 202 valence electrons. The SMILES string of the molecule is CC(C)C[C@H]1NC(=O)C2(C/C=C\C[C@@H]3COCC[C@@H]3NC1=O)CCN(CC(=O)N1CCOCC1)CC2. The number of nitrogens with one attached hydrogen (secondary N) is 2. The molecule has 0 radical (unpaired) electrons. The maximum atomic E-state index is 13.8. The Labute approximate surface area is 215 Å². The summed E-state index contributed by atoms with van der Waals surface area (Å²) in [7, 11) is 0. The minimum Gasteiger partial charge on any atom is -0.381 e. The highest BCUT2D eigenvalue weighted by molar-refractivity contribution is 5.90. The van der Waals surface area contributed by atoms with Crippen molar-refractivity contribution in [2.24, 2.45) is 17.3 Å². The quantitative estimate of drug-likeness (QED) is 0.561. The first-order chi connectivity index (χ1) is 17.4. The van der Waals surface area contributed by atoms with Gasteiger partial charge in [-0.3, -0.25) is 19.3 Å². The smallest absolute Gasteiger partial charge is 0.242 e. The summed E-state index contributed by atoms with van der Waals surface area (Å²) in [6.07, 6.45) is 8.55. The average Bonchev–Trinajstić information content (AvgIpc) is 2.87. The summed E-state index contributed by atoms with van der Waals surface area (Å²) >= 11 is 0. The van der Waals surface area contributed by atoms with Crippen LogP contribution in [0.5, 0.6) is 0 Å². The number of hydrogen-bond acceptors (Lipinski definition) is 6. The number of allylic oxidation sites excluding steroid dienone is 2. The zero-order valence-electron chi connectivity index (χ0n) is 22.0. The highest BCUT2D eigenvalue weighted by Gasteiger charge is 2.43. The zero-order valence-corrected chi connectivity index (χ0v) is 22.0. The number of carbonyl (C=O) groups is 3. The van der Waals surface area contributed by atoms with Crippen LogP contribution in [0.2, 0.25) is 0 Å². The third-order valence-corrected chi connectivity index (χ3v) is 8.26. The summed E-state index contributed by atoms with van der Waals surface area (Å²) in [6, 6.07) is -0.467. The van der Waals surface area contributed by atoms with Gasteiger partial charge in [-0.15, -0.1) is 0 Å². The Balaban J connectivity index is 1.45. The Kier molecular flexibility index (Phi) is 9.41. The van der Waals surface area contributed by atoms with Crippen molar-refractivity contribution < 1.29 is 23.9 Å². The summed E-state index contributed by atoms with van der Waals surface area (Å²) in [5.74, 6) is 0.551. The number of hydrogen-bond donors (Lipinski definition) is 2. The van der Waals surface area contributed by atoms with Crippen molar-refractivity contribution in [3.63, 3.8) is 0 Å². The van der Waals surface area contributed by atoms with Crippen LogP contribution in [-0.4, -0.2) is 98.8 Å². The molecule has 3 saturated heterocycles. The molecule has 4 heterocycles. The molecule has 0 unspecified atom stereocenters. The second-order valence-corrected chi connectivity index (χ2v) is 11.4. The number of carbonyl (C=O) groups excluding carboxylic acids is 3. The number of nitrogens with zero attached hydrogens (tertiary/aromatic N) is 2. The lowest BCUT2D eigenvalue weighted by Gasteiger charge is -2.42. The molecule has 0 aromatic heterocycles. The number of piperidine rings is 1. The van der Waals surface area contributed by atoms with Gasteiger partial charge >= 0.3 is 0 Å². The van der Waals surface area contributed by atoms with E-state index in [1.807, 2.05) is 4.90 Å². The molecule has 0 aromatic rings. The molecular weight excluding hydrogens is 460 g/mol. The first-order valence-corrected chi connectivity index (χ1v) is 13.8. The van der Waals surface area contributed by atoms with Gasteiger partial charge in [0.1, 0.15) is 6.04 Å². The van der Waals surface area contributed by atoms with E-state index in [-0.39, 0.29) is 35.6 Å². The van der Waals surface area contributed by atoms with Crippen LogP contribution < -0.4 is 10.6 Å². The van der Waals surface area contributed by atoms with E-state index in [1.165, 1.54) is 0 Å². The van der Waals surface area contributed by atoms with Gasteiger partial charge in [-0.2, -0.15) is 0 Å². The molecule has 3 amide bonds. The van der Waals surface area contributed by atoms with Gasteiger partial charge in [0, 0.05) is 31.7 Å². The van der Waals surface area contributed by atoms with E-state index >= 15 is 0 Å². The van der Waals surface area contributed by atoms with Crippen molar-refractivity contribution in [2.45, 2.75) is 64.5 Å². The Morgan fingerprint density at radius 3 is 2.53 bits per heavy atom. The fourth-order valence-electron chi connectivity index (χ4n) is 5.86. The van der Waals surface area contributed by atoms with Crippen LogP contribution in [-0.2, 0) is 23.9 Å². The molecule has 0 aromatic carbocycles. The van der Waals surface area contributed by atoms with Crippen LogP contribution in [0.1, 0.15) is 52.4 Å². The number of morpholine rings is 1. The first-order valence-electron chi connectivity index (χ1n) is 13.8. The lowest BCUT2D eigenvalue weighted by Crippen LogP contribution is -2.57. The van der Waals surface area contributed by atoms with E-state index in [0.717, 1.165) is 12.8 Å². The predicted octanol–water partition coefficient (Wildman–Crippen LogP) is 1.33. The van der Waals surface area contributed by atoms with E-state index in [4.69, 9.17) is 9.47 Å². The van der Waals surface area contributed by atoms with Gasteiger partial charge in [0.2, 0.25) is 17.7 Å². The van der Waals surface area contributed by atoms with E-state index in [9.17, 15) is 14.4 Å². The Hall–Kier alpha value is -1.97. The fourth-order valence-corrected chi connectivity index (χ4v) is 5.86. The fraction of sp³-hybridized carbons (Fsp3) is 0.815. The van der Waals surface area contributed by atoms with Gasteiger partial charge in [-0.25, -0.2) is 0 Å². The topological polar surface area (TPSA) is 100 Å². The minimum absolute atomic E-state index is 0.0313. The third-order valence-electron chi connectivity index (χ3n) is 8.26. The Morgan fingerprint density at radius 2 is 1.81 bits per heavy atom. The van der Waals surface area contributed by atoms with Gasteiger partial charge in [0.15, 0.2) is 0 Å². The van der Waals surface area contributed by atoms with Crippen molar-refractivity contribution in [3.8, 4) is 0 Å². The summed E-state index contributed by atoms with van der Waals surface area (Å²) in [6.45, 7) is 9.72. The second kappa shape index (κ2) is 12.5. The third kappa shape index (κ3) is 6.86. The summed E-state index contributed by atoms with van der Waals surface area (Å²) < 4.78 is 11.1. The lowest BCUT2D eigenvalue weighted by atomic mass is 9.74. The number of amides is 3. The molecule has 4 aliphatic rings. The summed E-state index contributed by atoms with van der Waals surface area (Å²) in [5, 5.41) is 6.39. The van der Waals surface area contributed by atoms with E-state index in [1.54, 1.807) is 0 Å². The molecule has 1 spiro atoms. The summed E-state index contributed by atoms with van der Waals surface area (Å²) in [5.41, 5.74) is -0.563. The predicted molar refractivity (Wildman–Crippen MR) is 136 cm³/mol. The van der Waals surface area contributed by atoms with Gasteiger partial charge in [-0.1, -0.05) is 26.0 Å². The monoisotopic (exact) mass is 504 g/mol. The number of likely N-dealkylation sites (tertiary alicyclic amines) is 1. The summed E-state index contributed by atoms with van der Waals surface area (Å²) in [4.78, 5) is 43.8. The molecule has 0 bridgehead atoms. The van der Waals surface area contributed by atoms with Crippen LogP contribution >= 0.6 is 0 Å². The molecule has 0 aliphatic carbocycles. The van der Waals surface area contributed by atoms with Crippen LogP contribution in [0.4, 0.5) is 0 Å².